The number of nitrogens with two attached hydrogens (primary N) is 1. The average molecular weight is 339 g/mol. The van der Waals surface area contributed by atoms with Crippen LogP contribution in [-0.2, 0) is 10.0 Å². The van der Waals surface area contributed by atoms with Crippen molar-refractivity contribution in [2.75, 3.05) is 12.8 Å². The molecule has 0 amide bonds. The number of hydrogen-bond acceptors (Lipinski definition) is 3. The van der Waals surface area contributed by atoms with Crippen LogP contribution in [0.2, 0.25) is 10.0 Å². The molecule has 0 aliphatic heterocycles. The first-order chi connectivity index (χ1) is 8.89. The van der Waals surface area contributed by atoms with Crippen molar-refractivity contribution in [3.8, 4) is 0 Å². The third kappa shape index (κ3) is 3.39. The zero-order valence-corrected chi connectivity index (χ0v) is 14.6. The van der Waals surface area contributed by atoms with Gasteiger partial charge in [-0.15, -0.1) is 0 Å². The topological polar surface area (TPSA) is 63.4 Å². The van der Waals surface area contributed by atoms with Crippen LogP contribution in [0.3, 0.4) is 0 Å². The molecule has 1 aromatic rings. The number of rotatable bonds is 3. The van der Waals surface area contributed by atoms with Gasteiger partial charge < -0.3 is 5.73 Å². The molecule has 114 valence electrons. The summed E-state index contributed by atoms with van der Waals surface area (Å²) in [5, 5.41) is 0.334. The second kappa shape index (κ2) is 5.72. The standard InChI is InChI=1S/C13H20Cl2N2O2S/c1-8(13(2,3)4)17(5)20(18,19)12-10(15)6-9(14)7-11(12)16/h6-8H,16H2,1-5H3. The molecule has 1 rings (SSSR count). The summed E-state index contributed by atoms with van der Waals surface area (Å²) in [5.74, 6) is 0. The van der Waals surface area contributed by atoms with Crippen molar-refractivity contribution < 1.29 is 8.42 Å². The minimum atomic E-state index is -3.78. The number of nitrogens with zero attached hydrogens (tertiary/aromatic N) is 1. The highest BCUT2D eigenvalue weighted by atomic mass is 35.5. The lowest BCUT2D eigenvalue weighted by atomic mass is 9.88. The summed E-state index contributed by atoms with van der Waals surface area (Å²) in [6.45, 7) is 7.75. The van der Waals surface area contributed by atoms with Crippen LogP contribution in [0.15, 0.2) is 17.0 Å². The Hall–Kier alpha value is -0.490. The summed E-state index contributed by atoms with van der Waals surface area (Å²) in [5.41, 5.74) is 5.62. The van der Waals surface area contributed by atoms with Gasteiger partial charge in [0.25, 0.3) is 0 Å². The fraction of sp³-hybridized carbons (Fsp3) is 0.538. The van der Waals surface area contributed by atoms with E-state index in [4.69, 9.17) is 28.9 Å². The molecule has 1 atom stereocenters. The van der Waals surface area contributed by atoms with Crippen LogP contribution in [0, 0.1) is 5.41 Å². The SMILES string of the molecule is CC(N(C)S(=O)(=O)c1c(N)cc(Cl)cc1Cl)C(C)(C)C. The van der Waals surface area contributed by atoms with Gasteiger partial charge >= 0.3 is 0 Å². The zero-order valence-electron chi connectivity index (χ0n) is 12.2. The van der Waals surface area contributed by atoms with Crippen LogP contribution in [0.5, 0.6) is 0 Å². The Morgan fingerprint density at radius 2 is 1.75 bits per heavy atom. The van der Waals surface area contributed by atoms with E-state index >= 15 is 0 Å². The molecule has 1 aromatic carbocycles. The van der Waals surface area contributed by atoms with Gasteiger partial charge in [0.15, 0.2) is 0 Å². The van der Waals surface area contributed by atoms with Crippen molar-refractivity contribution in [3.05, 3.63) is 22.2 Å². The first-order valence-electron chi connectivity index (χ1n) is 6.11. The summed E-state index contributed by atoms with van der Waals surface area (Å²) in [4.78, 5) is -0.0952. The molecule has 0 heterocycles. The maximum atomic E-state index is 12.7. The molecule has 1 unspecified atom stereocenters. The van der Waals surface area contributed by atoms with Crippen LogP contribution in [0.4, 0.5) is 5.69 Å². The highest BCUT2D eigenvalue weighted by Crippen LogP contribution is 2.35. The Morgan fingerprint density at radius 1 is 1.25 bits per heavy atom. The minimum absolute atomic E-state index is 0.0305. The largest absolute Gasteiger partial charge is 0.398 e. The van der Waals surface area contributed by atoms with E-state index in [1.54, 1.807) is 0 Å². The first kappa shape index (κ1) is 17.6. The normalized spacial score (nSPS) is 14.6. The molecular formula is C13H20Cl2N2O2S. The number of halogens is 2. The number of hydrogen-bond donors (Lipinski definition) is 1. The van der Waals surface area contributed by atoms with Gasteiger partial charge in [-0.25, -0.2) is 8.42 Å². The molecule has 0 spiro atoms. The summed E-state index contributed by atoms with van der Waals surface area (Å²) < 4.78 is 26.7. The Balaban J connectivity index is 3.39. The van der Waals surface area contributed by atoms with E-state index in [1.807, 2.05) is 27.7 Å². The molecule has 0 fully saturated rings. The average Bonchev–Trinajstić information content (AvgIpc) is 2.23. The van der Waals surface area contributed by atoms with Crippen LogP contribution >= 0.6 is 23.2 Å². The quantitative estimate of drug-likeness (QED) is 0.856. The summed E-state index contributed by atoms with van der Waals surface area (Å²) in [6, 6.07) is 2.54. The van der Waals surface area contributed by atoms with Gasteiger partial charge in [0.2, 0.25) is 10.0 Å². The maximum Gasteiger partial charge on any atom is 0.246 e. The maximum absolute atomic E-state index is 12.7. The van der Waals surface area contributed by atoms with Gasteiger partial charge in [0.1, 0.15) is 4.90 Å². The van der Waals surface area contributed by atoms with E-state index in [1.165, 1.54) is 23.5 Å². The van der Waals surface area contributed by atoms with Gasteiger partial charge in [0.05, 0.1) is 10.7 Å². The Kier molecular flexibility index (Phi) is 5.02. The summed E-state index contributed by atoms with van der Waals surface area (Å²) >= 11 is 11.8. The Bertz CT molecular complexity index is 586. The predicted octanol–water partition coefficient (Wildman–Crippen LogP) is 3.63. The smallest absolute Gasteiger partial charge is 0.246 e. The van der Waals surface area contributed by atoms with E-state index in [-0.39, 0.29) is 27.1 Å². The van der Waals surface area contributed by atoms with Crippen molar-refractivity contribution in [1.29, 1.82) is 0 Å². The molecular weight excluding hydrogens is 319 g/mol. The van der Waals surface area contributed by atoms with Crippen molar-refractivity contribution in [2.45, 2.75) is 38.6 Å². The molecule has 0 saturated carbocycles. The molecule has 0 radical (unpaired) electrons. The summed E-state index contributed by atoms with van der Waals surface area (Å²) in [7, 11) is -2.26. The van der Waals surface area contributed by atoms with Crippen LogP contribution in [0.25, 0.3) is 0 Å². The van der Waals surface area contributed by atoms with E-state index in [2.05, 4.69) is 0 Å². The van der Waals surface area contributed by atoms with Gasteiger partial charge in [-0.3, -0.25) is 0 Å². The molecule has 7 heteroatoms. The zero-order chi connectivity index (χ0) is 15.9. The summed E-state index contributed by atoms with van der Waals surface area (Å²) in [6.07, 6.45) is 0. The van der Waals surface area contributed by atoms with Crippen molar-refractivity contribution in [2.24, 2.45) is 5.41 Å². The van der Waals surface area contributed by atoms with Crippen LogP contribution in [-0.4, -0.2) is 25.8 Å². The molecule has 0 aliphatic carbocycles. The van der Waals surface area contributed by atoms with E-state index in [0.717, 1.165) is 0 Å². The van der Waals surface area contributed by atoms with Crippen molar-refractivity contribution in [3.63, 3.8) is 0 Å². The minimum Gasteiger partial charge on any atom is -0.398 e. The third-order valence-electron chi connectivity index (χ3n) is 3.47. The van der Waals surface area contributed by atoms with Crippen molar-refractivity contribution >= 4 is 38.9 Å². The van der Waals surface area contributed by atoms with Gasteiger partial charge in [-0.2, -0.15) is 4.31 Å². The lowest BCUT2D eigenvalue weighted by molar-refractivity contribution is 0.216. The number of benzene rings is 1. The number of anilines is 1. The number of nitrogen functional groups attached to an aromatic ring is 1. The van der Waals surface area contributed by atoms with Crippen molar-refractivity contribution in [1.82, 2.24) is 4.31 Å². The van der Waals surface area contributed by atoms with E-state index in [0.29, 0.717) is 5.02 Å². The first-order valence-corrected chi connectivity index (χ1v) is 8.31. The van der Waals surface area contributed by atoms with Gasteiger partial charge in [-0.05, 0) is 24.5 Å². The third-order valence-corrected chi connectivity index (χ3v) is 6.15. The highest BCUT2D eigenvalue weighted by molar-refractivity contribution is 7.89. The fourth-order valence-electron chi connectivity index (χ4n) is 1.75. The molecule has 0 aliphatic rings. The lowest BCUT2D eigenvalue weighted by Crippen LogP contribution is -2.43. The molecule has 0 saturated heterocycles. The second-order valence-electron chi connectivity index (χ2n) is 5.87. The molecule has 0 bridgehead atoms. The van der Waals surface area contributed by atoms with E-state index < -0.39 is 10.0 Å². The van der Waals surface area contributed by atoms with Gasteiger partial charge in [0, 0.05) is 18.1 Å². The number of sulfonamides is 1. The monoisotopic (exact) mass is 338 g/mol. The molecule has 20 heavy (non-hydrogen) atoms. The molecule has 4 nitrogen and oxygen atoms in total. The Labute approximate surface area is 130 Å². The lowest BCUT2D eigenvalue weighted by Gasteiger charge is -2.34. The highest BCUT2D eigenvalue weighted by Gasteiger charge is 2.34. The van der Waals surface area contributed by atoms with Crippen LogP contribution < -0.4 is 5.73 Å². The fourth-order valence-corrected chi connectivity index (χ4v) is 4.23. The molecule has 0 aromatic heterocycles. The predicted molar refractivity (Wildman–Crippen MR) is 84.7 cm³/mol. The van der Waals surface area contributed by atoms with Gasteiger partial charge in [-0.1, -0.05) is 44.0 Å². The molecule has 2 N–H and O–H groups in total. The second-order valence-corrected chi connectivity index (χ2v) is 8.65. The van der Waals surface area contributed by atoms with E-state index in [9.17, 15) is 8.42 Å². The Morgan fingerprint density at radius 3 is 2.15 bits per heavy atom. The van der Waals surface area contributed by atoms with Crippen LogP contribution in [0.1, 0.15) is 27.7 Å².